The van der Waals surface area contributed by atoms with Gasteiger partial charge in [0, 0.05) is 47.5 Å². The van der Waals surface area contributed by atoms with E-state index in [4.69, 9.17) is 4.52 Å². The van der Waals surface area contributed by atoms with Crippen LogP contribution in [0, 0.1) is 5.82 Å². The number of hydrogen-bond acceptors (Lipinski definition) is 6. The Morgan fingerprint density at radius 2 is 1.53 bits per heavy atom. The summed E-state index contributed by atoms with van der Waals surface area (Å²) in [5.41, 5.74) is 0.284. The van der Waals surface area contributed by atoms with E-state index < -0.39 is 23.4 Å². The van der Waals surface area contributed by atoms with Crippen molar-refractivity contribution in [3.8, 4) is 11.3 Å². The molecule has 36 heavy (non-hydrogen) atoms. The number of hydrogen-bond donors (Lipinski definition) is 2. The highest BCUT2D eigenvalue weighted by Crippen LogP contribution is 2.41. The minimum atomic E-state index is -1.80. The number of aromatic nitrogens is 3. The van der Waals surface area contributed by atoms with Crippen LogP contribution in [-0.2, 0) is 5.60 Å². The molecule has 2 aromatic carbocycles. The van der Waals surface area contributed by atoms with Gasteiger partial charge in [-0.2, -0.15) is 0 Å². The number of carbonyl (C=O) groups excluding carboxylic acids is 1. The zero-order valence-electron chi connectivity index (χ0n) is 19.0. The molecular formula is C28H21FN4O3. The van der Waals surface area contributed by atoms with Gasteiger partial charge in [-0.3, -0.25) is 14.8 Å². The SMILES string of the molecule is O=C(NC(c1ccc(F)cc1)C(O)(c1cccnc1)c1cccnc1)c1cc(-c2ccccc2)on1. The van der Waals surface area contributed by atoms with Crippen molar-refractivity contribution in [1.82, 2.24) is 20.4 Å². The van der Waals surface area contributed by atoms with Crippen molar-refractivity contribution in [2.75, 3.05) is 0 Å². The Bertz CT molecular complexity index is 1400. The maximum atomic E-state index is 13.8. The summed E-state index contributed by atoms with van der Waals surface area (Å²) in [6, 6.07) is 22.1. The number of halogens is 1. The Balaban J connectivity index is 1.59. The lowest BCUT2D eigenvalue weighted by atomic mass is 9.78. The average molecular weight is 480 g/mol. The van der Waals surface area contributed by atoms with Gasteiger partial charge in [0.1, 0.15) is 11.4 Å². The van der Waals surface area contributed by atoms with E-state index in [1.165, 1.54) is 42.7 Å². The first-order valence-corrected chi connectivity index (χ1v) is 11.2. The number of nitrogens with one attached hydrogen (secondary N) is 1. The summed E-state index contributed by atoms with van der Waals surface area (Å²) in [6.07, 6.45) is 6.19. The molecule has 0 fully saturated rings. The summed E-state index contributed by atoms with van der Waals surface area (Å²) < 4.78 is 19.2. The van der Waals surface area contributed by atoms with E-state index in [1.807, 2.05) is 30.3 Å². The average Bonchev–Trinajstić information content (AvgIpc) is 3.44. The van der Waals surface area contributed by atoms with Crippen LogP contribution in [0.1, 0.15) is 33.2 Å². The Hall–Kier alpha value is -4.69. The number of benzene rings is 2. The van der Waals surface area contributed by atoms with Crippen LogP contribution in [0.15, 0.2) is 114 Å². The second kappa shape index (κ2) is 9.89. The van der Waals surface area contributed by atoms with E-state index >= 15 is 0 Å². The van der Waals surface area contributed by atoms with Crippen LogP contribution in [0.4, 0.5) is 4.39 Å². The van der Waals surface area contributed by atoms with Gasteiger partial charge in [-0.1, -0.05) is 59.8 Å². The van der Waals surface area contributed by atoms with Crippen molar-refractivity contribution in [1.29, 1.82) is 0 Å². The minimum Gasteiger partial charge on any atom is -0.378 e. The van der Waals surface area contributed by atoms with Gasteiger partial charge in [0.05, 0.1) is 6.04 Å². The lowest BCUT2D eigenvalue weighted by molar-refractivity contribution is 0.0329. The van der Waals surface area contributed by atoms with Crippen molar-refractivity contribution in [3.05, 3.63) is 138 Å². The molecular weight excluding hydrogens is 459 g/mol. The van der Waals surface area contributed by atoms with Gasteiger partial charge < -0.3 is 14.9 Å². The normalized spacial score (nSPS) is 12.2. The molecule has 0 saturated carbocycles. The Labute approximate surface area is 206 Å². The molecule has 0 saturated heterocycles. The predicted octanol–water partition coefficient (Wildman–Crippen LogP) is 4.68. The van der Waals surface area contributed by atoms with Gasteiger partial charge in [0.15, 0.2) is 11.5 Å². The van der Waals surface area contributed by atoms with Crippen LogP contribution in [0.25, 0.3) is 11.3 Å². The first kappa shape index (κ1) is 23.1. The fraction of sp³-hybridized carbons (Fsp3) is 0.0714. The summed E-state index contributed by atoms with van der Waals surface area (Å²) >= 11 is 0. The lowest BCUT2D eigenvalue weighted by Crippen LogP contribution is -2.45. The van der Waals surface area contributed by atoms with Crippen LogP contribution < -0.4 is 5.32 Å². The fourth-order valence-electron chi connectivity index (χ4n) is 4.09. The zero-order valence-corrected chi connectivity index (χ0v) is 19.0. The second-order valence-electron chi connectivity index (χ2n) is 8.15. The van der Waals surface area contributed by atoms with E-state index in [0.717, 1.165) is 5.56 Å². The van der Waals surface area contributed by atoms with Crippen molar-refractivity contribution in [3.63, 3.8) is 0 Å². The molecule has 2 N–H and O–H groups in total. The van der Waals surface area contributed by atoms with Gasteiger partial charge in [0.25, 0.3) is 5.91 Å². The van der Waals surface area contributed by atoms with Crippen LogP contribution in [0.2, 0.25) is 0 Å². The Kier molecular flexibility index (Phi) is 6.34. The van der Waals surface area contributed by atoms with Gasteiger partial charge in [-0.25, -0.2) is 4.39 Å². The Morgan fingerprint density at radius 1 is 0.889 bits per heavy atom. The largest absolute Gasteiger partial charge is 0.378 e. The number of rotatable bonds is 7. The van der Waals surface area contributed by atoms with Gasteiger partial charge >= 0.3 is 0 Å². The molecule has 1 unspecified atom stereocenters. The maximum absolute atomic E-state index is 13.8. The van der Waals surface area contributed by atoms with E-state index in [1.54, 1.807) is 36.7 Å². The maximum Gasteiger partial charge on any atom is 0.274 e. The highest BCUT2D eigenvalue weighted by molar-refractivity contribution is 5.93. The second-order valence-corrected chi connectivity index (χ2v) is 8.15. The van der Waals surface area contributed by atoms with Crippen molar-refractivity contribution >= 4 is 5.91 Å². The van der Waals surface area contributed by atoms with Gasteiger partial charge in [-0.05, 0) is 29.8 Å². The van der Waals surface area contributed by atoms with Crippen LogP contribution in [0.3, 0.4) is 0 Å². The first-order valence-electron chi connectivity index (χ1n) is 11.2. The molecule has 0 aliphatic heterocycles. The van der Waals surface area contributed by atoms with Crippen LogP contribution >= 0.6 is 0 Å². The number of aliphatic hydroxyl groups is 1. The number of carbonyl (C=O) groups is 1. The molecule has 0 spiro atoms. The summed E-state index contributed by atoms with van der Waals surface area (Å²) in [7, 11) is 0. The molecule has 5 rings (SSSR count). The molecule has 178 valence electrons. The highest BCUT2D eigenvalue weighted by Gasteiger charge is 2.43. The number of nitrogens with zero attached hydrogens (tertiary/aromatic N) is 3. The van der Waals surface area contributed by atoms with E-state index in [9.17, 15) is 14.3 Å². The standard InChI is InChI=1S/C28H21FN4O3/c29-23-12-10-20(11-13-23)26(28(35,21-8-4-14-30-17-21)22-9-5-15-31-18-22)32-27(34)24-16-25(36-33-24)19-6-2-1-3-7-19/h1-18,26,35H,(H,32,34). The highest BCUT2D eigenvalue weighted by atomic mass is 19.1. The van der Waals surface area contributed by atoms with Gasteiger partial charge in [-0.15, -0.1) is 0 Å². The minimum absolute atomic E-state index is 0.0284. The summed E-state index contributed by atoms with van der Waals surface area (Å²) in [6.45, 7) is 0. The first-order chi connectivity index (χ1) is 17.6. The monoisotopic (exact) mass is 480 g/mol. The molecule has 1 atom stereocenters. The van der Waals surface area contributed by atoms with Gasteiger partial charge in [0.2, 0.25) is 0 Å². The zero-order chi connectivity index (χ0) is 25.0. The Morgan fingerprint density at radius 3 is 2.11 bits per heavy atom. The van der Waals surface area contributed by atoms with Crippen LogP contribution in [-0.4, -0.2) is 26.1 Å². The molecule has 0 radical (unpaired) electrons. The smallest absolute Gasteiger partial charge is 0.274 e. The topological polar surface area (TPSA) is 101 Å². The van der Waals surface area contributed by atoms with E-state index in [0.29, 0.717) is 22.5 Å². The van der Waals surface area contributed by atoms with Crippen LogP contribution in [0.5, 0.6) is 0 Å². The molecule has 8 heteroatoms. The summed E-state index contributed by atoms with van der Waals surface area (Å²) in [5.74, 6) is -0.602. The molecule has 3 aromatic heterocycles. The lowest BCUT2D eigenvalue weighted by Gasteiger charge is -2.37. The van der Waals surface area contributed by atoms with Crippen molar-refractivity contribution in [2.24, 2.45) is 0 Å². The molecule has 1 amide bonds. The molecule has 7 nitrogen and oxygen atoms in total. The third-order valence-corrected chi connectivity index (χ3v) is 5.90. The third-order valence-electron chi connectivity index (χ3n) is 5.90. The predicted molar refractivity (Wildman–Crippen MR) is 130 cm³/mol. The number of pyridine rings is 2. The summed E-state index contributed by atoms with van der Waals surface area (Å²) in [4.78, 5) is 21.7. The molecule has 0 aliphatic carbocycles. The summed E-state index contributed by atoms with van der Waals surface area (Å²) in [5, 5.41) is 19.1. The van der Waals surface area contributed by atoms with E-state index in [-0.39, 0.29) is 5.69 Å². The molecule has 5 aromatic rings. The fourth-order valence-corrected chi connectivity index (χ4v) is 4.09. The number of amides is 1. The van der Waals surface area contributed by atoms with Crippen molar-refractivity contribution < 1.29 is 18.8 Å². The third kappa shape index (κ3) is 4.49. The quantitative estimate of drug-likeness (QED) is 0.351. The molecule has 0 aliphatic rings. The van der Waals surface area contributed by atoms with E-state index in [2.05, 4.69) is 20.4 Å². The molecule has 3 heterocycles. The van der Waals surface area contributed by atoms with Crippen molar-refractivity contribution in [2.45, 2.75) is 11.6 Å². The molecule has 0 bridgehead atoms.